The predicted octanol–water partition coefficient (Wildman–Crippen LogP) is 1.97. The molecule has 2 aliphatic heterocycles. The van der Waals surface area contributed by atoms with E-state index in [0.29, 0.717) is 31.6 Å². The Morgan fingerprint density at radius 2 is 1.88 bits per heavy atom. The van der Waals surface area contributed by atoms with E-state index >= 15 is 0 Å². The van der Waals surface area contributed by atoms with Gasteiger partial charge in [0.25, 0.3) is 5.91 Å². The van der Waals surface area contributed by atoms with Crippen LogP contribution >= 0.6 is 15.9 Å². The average Bonchev–Trinajstić information content (AvgIpc) is 2.89. The van der Waals surface area contributed by atoms with E-state index in [1.54, 1.807) is 12.1 Å². The number of carbonyl (C=O) groups excluding carboxylic acids is 3. The van der Waals surface area contributed by atoms with Gasteiger partial charge in [0.1, 0.15) is 0 Å². The van der Waals surface area contributed by atoms with Crippen LogP contribution in [0.1, 0.15) is 19.3 Å². The van der Waals surface area contributed by atoms with Gasteiger partial charge >= 0.3 is 5.97 Å². The molecule has 2 aliphatic rings. The van der Waals surface area contributed by atoms with E-state index in [9.17, 15) is 14.4 Å². The Balaban J connectivity index is 1.71. The van der Waals surface area contributed by atoms with Gasteiger partial charge in [-0.2, -0.15) is 0 Å². The molecule has 3 rings (SSSR count). The lowest BCUT2D eigenvalue weighted by atomic mass is 9.95. The van der Waals surface area contributed by atoms with Crippen molar-refractivity contribution in [2.45, 2.75) is 25.3 Å². The number of ether oxygens (including phenoxy) is 1. The van der Waals surface area contributed by atoms with Crippen molar-refractivity contribution in [3.63, 3.8) is 0 Å². The van der Waals surface area contributed by atoms with Gasteiger partial charge in [-0.05, 0) is 54.0 Å². The number of rotatable bonds is 3. The topological polar surface area (TPSA) is 66.9 Å². The molecule has 2 saturated heterocycles. The normalized spacial score (nSPS) is 22.9. The molecule has 7 heteroatoms. The predicted molar refractivity (Wildman–Crippen MR) is 91.4 cm³/mol. The van der Waals surface area contributed by atoms with Crippen LogP contribution in [0.5, 0.6) is 0 Å². The number of amides is 2. The molecule has 1 atom stereocenters. The van der Waals surface area contributed by atoms with Crippen molar-refractivity contribution in [3.8, 4) is 0 Å². The zero-order chi connectivity index (χ0) is 17.3. The minimum atomic E-state index is -0.441. The molecule has 0 spiro atoms. The number of hydrogen-bond donors (Lipinski definition) is 0. The molecule has 0 saturated carbocycles. The lowest BCUT2D eigenvalue weighted by molar-refractivity contribution is -0.147. The first-order chi connectivity index (χ1) is 11.5. The van der Waals surface area contributed by atoms with Gasteiger partial charge in [0, 0.05) is 4.47 Å². The SMILES string of the molecule is COC(=O)C1CCN([C@H]2CC(=O)N(c3ccccc3Br)C2=O)CC1. The largest absolute Gasteiger partial charge is 0.469 e. The van der Waals surface area contributed by atoms with Gasteiger partial charge in [0.15, 0.2) is 0 Å². The van der Waals surface area contributed by atoms with Crippen LogP contribution in [0.25, 0.3) is 0 Å². The highest BCUT2D eigenvalue weighted by atomic mass is 79.9. The first-order valence-electron chi connectivity index (χ1n) is 7.96. The van der Waals surface area contributed by atoms with E-state index in [-0.39, 0.29) is 30.1 Å². The molecule has 0 bridgehead atoms. The van der Waals surface area contributed by atoms with Gasteiger partial charge in [-0.25, -0.2) is 4.90 Å². The van der Waals surface area contributed by atoms with Crippen molar-refractivity contribution in [2.75, 3.05) is 25.1 Å². The van der Waals surface area contributed by atoms with Gasteiger partial charge in [-0.15, -0.1) is 0 Å². The monoisotopic (exact) mass is 394 g/mol. The molecule has 0 aliphatic carbocycles. The van der Waals surface area contributed by atoms with Gasteiger partial charge in [0.2, 0.25) is 5.91 Å². The van der Waals surface area contributed by atoms with Crippen molar-refractivity contribution in [2.24, 2.45) is 5.92 Å². The highest BCUT2D eigenvalue weighted by molar-refractivity contribution is 9.10. The smallest absolute Gasteiger partial charge is 0.308 e. The number of piperidine rings is 1. The van der Waals surface area contributed by atoms with Crippen LogP contribution in [0, 0.1) is 5.92 Å². The summed E-state index contributed by atoms with van der Waals surface area (Å²) in [6, 6.07) is 6.77. The van der Waals surface area contributed by atoms with Gasteiger partial charge < -0.3 is 4.74 Å². The van der Waals surface area contributed by atoms with Gasteiger partial charge in [0.05, 0.1) is 31.2 Å². The third-order valence-corrected chi connectivity index (χ3v) is 5.39. The lowest BCUT2D eigenvalue weighted by Gasteiger charge is -2.33. The third kappa shape index (κ3) is 3.10. The van der Waals surface area contributed by atoms with Gasteiger partial charge in [-0.3, -0.25) is 19.3 Å². The van der Waals surface area contributed by atoms with Crippen LogP contribution in [-0.2, 0) is 19.1 Å². The van der Waals surface area contributed by atoms with E-state index in [4.69, 9.17) is 4.74 Å². The maximum absolute atomic E-state index is 12.8. The third-order valence-electron chi connectivity index (χ3n) is 4.72. The zero-order valence-electron chi connectivity index (χ0n) is 13.4. The number of imide groups is 1. The summed E-state index contributed by atoms with van der Waals surface area (Å²) in [6.07, 6.45) is 1.49. The maximum atomic E-state index is 12.8. The average molecular weight is 395 g/mol. The first-order valence-corrected chi connectivity index (χ1v) is 8.75. The van der Waals surface area contributed by atoms with Crippen LogP contribution < -0.4 is 4.90 Å². The number of nitrogens with zero attached hydrogens (tertiary/aromatic N) is 2. The van der Waals surface area contributed by atoms with E-state index < -0.39 is 6.04 Å². The Labute approximate surface area is 148 Å². The fourth-order valence-corrected chi connectivity index (χ4v) is 3.86. The first kappa shape index (κ1) is 17.1. The van der Waals surface area contributed by atoms with Crippen LogP contribution in [0.15, 0.2) is 28.7 Å². The molecule has 0 aromatic heterocycles. The minimum absolute atomic E-state index is 0.113. The molecule has 128 valence electrons. The summed E-state index contributed by atoms with van der Waals surface area (Å²) in [5, 5.41) is 0. The van der Waals surface area contributed by atoms with E-state index in [1.165, 1.54) is 12.0 Å². The number of hydrogen-bond acceptors (Lipinski definition) is 5. The lowest BCUT2D eigenvalue weighted by Crippen LogP contribution is -2.47. The number of benzene rings is 1. The number of esters is 1. The summed E-state index contributed by atoms with van der Waals surface area (Å²) in [5.74, 6) is -0.688. The molecule has 0 radical (unpaired) electrons. The molecule has 6 nitrogen and oxygen atoms in total. The number of anilines is 1. The van der Waals surface area contributed by atoms with Crippen molar-refractivity contribution < 1.29 is 19.1 Å². The van der Waals surface area contributed by atoms with Crippen molar-refractivity contribution in [3.05, 3.63) is 28.7 Å². The highest BCUT2D eigenvalue weighted by Crippen LogP contribution is 2.32. The van der Waals surface area contributed by atoms with E-state index in [1.807, 2.05) is 17.0 Å². The highest BCUT2D eigenvalue weighted by Gasteiger charge is 2.44. The number of likely N-dealkylation sites (tertiary alicyclic amines) is 1. The summed E-state index contributed by atoms with van der Waals surface area (Å²) in [5.41, 5.74) is 0.583. The van der Waals surface area contributed by atoms with E-state index in [0.717, 1.165) is 4.47 Å². The molecule has 2 fully saturated rings. The van der Waals surface area contributed by atoms with Crippen LogP contribution in [0.3, 0.4) is 0 Å². The standard InChI is InChI=1S/C17H19BrN2O4/c1-24-17(23)11-6-8-19(9-7-11)14-10-15(21)20(16(14)22)13-5-3-2-4-12(13)18/h2-5,11,14H,6-10H2,1H3/t14-/m0/s1. The Bertz CT molecular complexity index is 670. The quantitative estimate of drug-likeness (QED) is 0.578. The fraction of sp³-hybridized carbons (Fsp3) is 0.471. The molecule has 1 aromatic carbocycles. The molecule has 24 heavy (non-hydrogen) atoms. The van der Waals surface area contributed by atoms with Crippen molar-refractivity contribution >= 4 is 39.4 Å². The second-order valence-electron chi connectivity index (χ2n) is 6.07. The molecule has 0 unspecified atom stereocenters. The number of carbonyl (C=O) groups is 3. The Morgan fingerprint density at radius 3 is 2.50 bits per heavy atom. The molecule has 1 aromatic rings. The van der Waals surface area contributed by atoms with Gasteiger partial charge in [-0.1, -0.05) is 12.1 Å². The van der Waals surface area contributed by atoms with Crippen molar-refractivity contribution in [1.29, 1.82) is 0 Å². The Kier molecular flexibility index (Phi) is 5.01. The Hall–Kier alpha value is -1.73. The zero-order valence-corrected chi connectivity index (χ0v) is 15.0. The summed E-state index contributed by atoms with van der Waals surface area (Å²) >= 11 is 3.40. The molecule has 2 amide bonds. The molecule has 0 N–H and O–H groups in total. The second kappa shape index (κ2) is 7.03. The maximum Gasteiger partial charge on any atom is 0.308 e. The second-order valence-corrected chi connectivity index (χ2v) is 6.93. The minimum Gasteiger partial charge on any atom is -0.469 e. The summed E-state index contributed by atoms with van der Waals surface area (Å²) in [7, 11) is 1.39. The fourth-order valence-electron chi connectivity index (χ4n) is 3.40. The molecule has 2 heterocycles. The van der Waals surface area contributed by atoms with E-state index in [2.05, 4.69) is 15.9 Å². The number of halogens is 1. The molecular formula is C17H19BrN2O4. The summed E-state index contributed by atoms with van der Waals surface area (Å²) in [6.45, 7) is 1.24. The van der Waals surface area contributed by atoms with Crippen LogP contribution in [0.4, 0.5) is 5.69 Å². The van der Waals surface area contributed by atoms with Crippen LogP contribution in [-0.4, -0.2) is 48.9 Å². The number of methoxy groups -OCH3 is 1. The summed E-state index contributed by atoms with van der Waals surface area (Å²) < 4.78 is 5.50. The summed E-state index contributed by atoms with van der Waals surface area (Å²) in [4.78, 5) is 40.1. The van der Waals surface area contributed by atoms with Crippen molar-refractivity contribution in [1.82, 2.24) is 4.90 Å². The molecular weight excluding hydrogens is 376 g/mol. The van der Waals surface area contributed by atoms with Crippen LogP contribution in [0.2, 0.25) is 0 Å². The number of para-hydroxylation sites is 1. The Morgan fingerprint density at radius 1 is 1.21 bits per heavy atom.